The van der Waals surface area contributed by atoms with E-state index in [1.165, 1.54) is 12.4 Å². The molecule has 1 saturated heterocycles. The number of benzene rings is 1. The molecule has 1 amide bonds. The van der Waals surface area contributed by atoms with Crippen LogP contribution in [0.4, 0.5) is 11.6 Å². The van der Waals surface area contributed by atoms with E-state index >= 15 is 0 Å². The van der Waals surface area contributed by atoms with E-state index in [1.54, 1.807) is 24.3 Å². The molecule has 0 spiro atoms. The summed E-state index contributed by atoms with van der Waals surface area (Å²) < 4.78 is 0. The summed E-state index contributed by atoms with van der Waals surface area (Å²) in [5.74, 6) is -0.655. The van der Waals surface area contributed by atoms with Gasteiger partial charge in [0.25, 0.3) is 11.7 Å². The van der Waals surface area contributed by atoms with Crippen LogP contribution in [0.15, 0.2) is 36.7 Å². The van der Waals surface area contributed by atoms with Crippen LogP contribution < -0.4 is 15.5 Å². The highest BCUT2D eigenvalue weighted by Gasteiger charge is 2.17. The number of halogens is 2. The van der Waals surface area contributed by atoms with Crippen molar-refractivity contribution in [2.24, 2.45) is 0 Å². The maximum absolute atomic E-state index is 12.1. The predicted octanol–water partition coefficient (Wildman–Crippen LogP) is 1.86. The summed E-state index contributed by atoms with van der Waals surface area (Å²) in [7, 11) is 0. The summed E-state index contributed by atoms with van der Waals surface area (Å²) in [6.07, 6.45) is 3.04. The standard InChI is InChI=1S/C17H19N5O2.2ClH/c1-12-2-4-13(5-3-12)15(23)16(24)21-14-10-19-17(20-11-14)22-8-6-18-7-9-22;;/h2-5,10-11,18H,6-9H2,1H3,(H,21,24);2*1H. The third kappa shape index (κ3) is 5.39. The Labute approximate surface area is 164 Å². The molecule has 3 rings (SSSR count). The molecule has 1 aliphatic rings. The maximum Gasteiger partial charge on any atom is 0.296 e. The minimum atomic E-state index is -0.697. The van der Waals surface area contributed by atoms with Gasteiger partial charge < -0.3 is 15.5 Å². The van der Waals surface area contributed by atoms with Crippen molar-refractivity contribution in [2.45, 2.75) is 6.92 Å². The monoisotopic (exact) mass is 397 g/mol. The topological polar surface area (TPSA) is 87.2 Å². The third-order valence-electron chi connectivity index (χ3n) is 3.82. The molecule has 26 heavy (non-hydrogen) atoms. The molecular formula is C17H21Cl2N5O2. The molecule has 1 aromatic carbocycles. The molecule has 2 N–H and O–H groups in total. The number of aryl methyl sites for hydroxylation is 1. The summed E-state index contributed by atoms with van der Waals surface area (Å²) in [6, 6.07) is 6.88. The zero-order chi connectivity index (χ0) is 16.9. The van der Waals surface area contributed by atoms with Crippen LogP contribution in [0.1, 0.15) is 15.9 Å². The molecule has 0 saturated carbocycles. The Hall–Kier alpha value is -2.22. The Morgan fingerprint density at radius 1 is 1.04 bits per heavy atom. The Balaban J connectivity index is 0.00000169. The van der Waals surface area contributed by atoms with Crippen molar-refractivity contribution in [1.29, 1.82) is 0 Å². The highest BCUT2D eigenvalue weighted by Crippen LogP contribution is 2.12. The van der Waals surface area contributed by atoms with Crippen molar-refractivity contribution in [2.75, 3.05) is 36.4 Å². The Kier molecular flexibility index (Phi) is 8.44. The number of rotatable bonds is 4. The lowest BCUT2D eigenvalue weighted by molar-refractivity contribution is -0.112. The summed E-state index contributed by atoms with van der Waals surface area (Å²) >= 11 is 0. The van der Waals surface area contributed by atoms with Gasteiger partial charge in [0.2, 0.25) is 5.95 Å². The number of hydrogen-bond acceptors (Lipinski definition) is 6. The van der Waals surface area contributed by atoms with Gasteiger partial charge in [0.05, 0.1) is 18.1 Å². The minimum absolute atomic E-state index is 0. The fourth-order valence-electron chi connectivity index (χ4n) is 2.44. The first-order valence-corrected chi connectivity index (χ1v) is 7.83. The van der Waals surface area contributed by atoms with Gasteiger partial charge in [0.1, 0.15) is 0 Å². The van der Waals surface area contributed by atoms with Crippen LogP contribution >= 0.6 is 24.8 Å². The van der Waals surface area contributed by atoms with Crippen LogP contribution in [0, 0.1) is 6.92 Å². The molecule has 140 valence electrons. The summed E-state index contributed by atoms with van der Waals surface area (Å²) in [5, 5.41) is 5.80. The second-order valence-corrected chi connectivity index (χ2v) is 5.66. The van der Waals surface area contributed by atoms with E-state index in [2.05, 4.69) is 25.5 Å². The number of nitrogens with one attached hydrogen (secondary N) is 2. The average Bonchev–Trinajstić information content (AvgIpc) is 2.63. The number of ketones is 1. The minimum Gasteiger partial charge on any atom is -0.338 e. The number of carbonyl (C=O) groups is 2. The van der Waals surface area contributed by atoms with Crippen LogP contribution in [0.25, 0.3) is 0 Å². The first kappa shape index (κ1) is 21.8. The molecule has 0 unspecified atom stereocenters. The first-order valence-electron chi connectivity index (χ1n) is 7.83. The number of amides is 1. The molecule has 0 atom stereocenters. The van der Waals surface area contributed by atoms with E-state index in [9.17, 15) is 9.59 Å². The number of carbonyl (C=O) groups excluding carboxylic acids is 2. The second kappa shape index (κ2) is 10.1. The lowest BCUT2D eigenvalue weighted by Gasteiger charge is -2.27. The van der Waals surface area contributed by atoms with Crippen LogP contribution in [-0.4, -0.2) is 47.8 Å². The average molecular weight is 398 g/mol. The number of Topliss-reactive ketones (excluding diaryl/α,β-unsaturated/α-hetero) is 1. The summed E-state index contributed by atoms with van der Waals surface area (Å²) in [5.41, 5.74) is 1.79. The van der Waals surface area contributed by atoms with E-state index in [4.69, 9.17) is 0 Å². The summed E-state index contributed by atoms with van der Waals surface area (Å²) in [6.45, 7) is 5.40. The van der Waals surface area contributed by atoms with E-state index in [0.717, 1.165) is 31.7 Å². The number of hydrogen-bond donors (Lipinski definition) is 2. The van der Waals surface area contributed by atoms with Gasteiger partial charge in [-0.25, -0.2) is 9.97 Å². The lowest BCUT2D eigenvalue weighted by Crippen LogP contribution is -2.44. The number of anilines is 2. The largest absolute Gasteiger partial charge is 0.338 e. The molecule has 0 bridgehead atoms. The van der Waals surface area contributed by atoms with Crippen molar-refractivity contribution in [3.63, 3.8) is 0 Å². The molecule has 1 fully saturated rings. The normalized spacial score (nSPS) is 13.2. The SMILES string of the molecule is Cc1ccc(C(=O)C(=O)Nc2cnc(N3CCNCC3)nc2)cc1.Cl.Cl. The molecule has 1 aromatic heterocycles. The predicted molar refractivity (Wildman–Crippen MR) is 106 cm³/mol. The maximum atomic E-state index is 12.1. The molecule has 7 nitrogen and oxygen atoms in total. The van der Waals surface area contributed by atoms with Crippen molar-refractivity contribution < 1.29 is 9.59 Å². The number of nitrogens with zero attached hydrogens (tertiary/aromatic N) is 3. The van der Waals surface area contributed by atoms with Gasteiger partial charge in [-0.1, -0.05) is 29.8 Å². The van der Waals surface area contributed by atoms with Gasteiger partial charge in [-0.15, -0.1) is 24.8 Å². The summed E-state index contributed by atoms with van der Waals surface area (Å²) in [4.78, 5) is 34.7. The van der Waals surface area contributed by atoms with Crippen molar-refractivity contribution >= 4 is 48.1 Å². The van der Waals surface area contributed by atoms with E-state index in [1.807, 2.05) is 6.92 Å². The lowest BCUT2D eigenvalue weighted by atomic mass is 10.1. The van der Waals surface area contributed by atoms with Crippen molar-refractivity contribution in [3.05, 3.63) is 47.8 Å². The smallest absolute Gasteiger partial charge is 0.296 e. The molecule has 2 aromatic rings. The van der Waals surface area contributed by atoms with Crippen LogP contribution in [-0.2, 0) is 4.79 Å². The van der Waals surface area contributed by atoms with Gasteiger partial charge in [-0.05, 0) is 6.92 Å². The fraction of sp³-hybridized carbons (Fsp3) is 0.294. The van der Waals surface area contributed by atoms with Gasteiger partial charge in [0.15, 0.2) is 0 Å². The van der Waals surface area contributed by atoms with Crippen LogP contribution in [0.2, 0.25) is 0 Å². The molecule has 2 heterocycles. The molecule has 0 aliphatic carbocycles. The number of piperazine rings is 1. The molecule has 0 radical (unpaired) electrons. The Morgan fingerprint density at radius 3 is 2.19 bits per heavy atom. The van der Waals surface area contributed by atoms with Gasteiger partial charge in [0, 0.05) is 31.7 Å². The quantitative estimate of drug-likeness (QED) is 0.604. The molecule has 9 heteroatoms. The zero-order valence-electron chi connectivity index (χ0n) is 14.3. The third-order valence-corrected chi connectivity index (χ3v) is 3.82. The molecule has 1 aliphatic heterocycles. The van der Waals surface area contributed by atoms with Crippen LogP contribution in [0.5, 0.6) is 0 Å². The van der Waals surface area contributed by atoms with Gasteiger partial charge in [-0.3, -0.25) is 9.59 Å². The highest BCUT2D eigenvalue weighted by atomic mass is 35.5. The first-order chi connectivity index (χ1) is 11.6. The molecular weight excluding hydrogens is 377 g/mol. The van der Waals surface area contributed by atoms with E-state index < -0.39 is 11.7 Å². The second-order valence-electron chi connectivity index (χ2n) is 5.66. The Morgan fingerprint density at radius 2 is 1.62 bits per heavy atom. The van der Waals surface area contributed by atoms with Gasteiger partial charge in [-0.2, -0.15) is 0 Å². The Bertz CT molecular complexity index is 732. The number of aromatic nitrogens is 2. The zero-order valence-corrected chi connectivity index (χ0v) is 15.9. The van der Waals surface area contributed by atoms with Crippen LogP contribution in [0.3, 0.4) is 0 Å². The van der Waals surface area contributed by atoms with Gasteiger partial charge >= 0.3 is 0 Å². The van der Waals surface area contributed by atoms with E-state index in [0.29, 0.717) is 17.2 Å². The highest BCUT2D eigenvalue weighted by molar-refractivity contribution is 6.46. The van der Waals surface area contributed by atoms with Crippen molar-refractivity contribution in [1.82, 2.24) is 15.3 Å². The van der Waals surface area contributed by atoms with Crippen molar-refractivity contribution in [3.8, 4) is 0 Å². The van der Waals surface area contributed by atoms with E-state index in [-0.39, 0.29) is 24.8 Å². The fourth-order valence-corrected chi connectivity index (χ4v) is 2.44.